The highest BCUT2D eigenvalue weighted by Gasteiger charge is 2.41. The number of rotatable bonds is 9. The fourth-order valence-corrected chi connectivity index (χ4v) is 16.4. The summed E-state index contributed by atoms with van der Waals surface area (Å²) in [6.07, 6.45) is 0. The number of benzene rings is 10. The molecule has 0 N–H and O–H groups in total. The van der Waals surface area contributed by atoms with Gasteiger partial charge in [0, 0.05) is 53.3 Å². The third kappa shape index (κ3) is 6.83. The van der Waals surface area contributed by atoms with Gasteiger partial charge in [0.15, 0.2) is 25.5 Å². The van der Waals surface area contributed by atoms with Crippen LogP contribution < -0.4 is 20.7 Å². The van der Waals surface area contributed by atoms with Crippen LogP contribution in [0.4, 0.5) is 0 Å². The number of aromatic nitrogens is 4. The molecule has 3 heterocycles. The Bertz CT molecular complexity index is 3850. The maximum absolute atomic E-state index is 5.40. The van der Waals surface area contributed by atoms with Crippen molar-refractivity contribution in [2.45, 2.75) is 0 Å². The zero-order valence-electron chi connectivity index (χ0n) is 37.4. The lowest BCUT2D eigenvalue weighted by Gasteiger charge is -2.34. The van der Waals surface area contributed by atoms with Crippen molar-refractivity contribution in [3.05, 3.63) is 255 Å². The average molecular weight is 915 g/mol. The SMILES string of the molecule is c1ccc([Si](c2ccccc2)(c2ccccc2)c2ccc(-c3nc(-c4ccc(-n5c6ccccc6c6ccccc65)cc4)nc(-c4ccccc4-c4cccc5sc6ccccc6c45)n3)cc2)cc1. The first kappa shape index (κ1) is 40.7. The highest BCUT2D eigenvalue weighted by Crippen LogP contribution is 2.43. The van der Waals surface area contributed by atoms with Crippen molar-refractivity contribution in [3.63, 3.8) is 0 Å². The first-order chi connectivity index (χ1) is 34.2. The minimum absolute atomic E-state index is 0.614. The van der Waals surface area contributed by atoms with Gasteiger partial charge < -0.3 is 4.57 Å². The number of nitrogens with zero attached hydrogens (tertiary/aromatic N) is 4. The van der Waals surface area contributed by atoms with E-state index in [0.717, 1.165) is 33.5 Å². The molecule has 0 amide bonds. The third-order valence-electron chi connectivity index (χ3n) is 13.7. The zero-order valence-corrected chi connectivity index (χ0v) is 39.3. The molecule has 0 saturated carbocycles. The molecule has 0 aliphatic rings. The van der Waals surface area contributed by atoms with Crippen LogP contribution in [0.2, 0.25) is 0 Å². The van der Waals surface area contributed by atoms with Crippen molar-refractivity contribution in [1.29, 1.82) is 0 Å². The van der Waals surface area contributed by atoms with Crippen LogP contribution >= 0.6 is 11.3 Å². The monoisotopic (exact) mass is 914 g/mol. The van der Waals surface area contributed by atoms with Gasteiger partial charge in [-0.2, -0.15) is 0 Å². The van der Waals surface area contributed by atoms with Crippen molar-refractivity contribution < 1.29 is 0 Å². The Kier molecular flexibility index (Phi) is 10.00. The van der Waals surface area contributed by atoms with Gasteiger partial charge in [-0.15, -0.1) is 11.3 Å². The molecule has 0 radical (unpaired) electrons. The molecule has 4 nitrogen and oxygen atoms in total. The molecular formula is C63H42N4SSi. The predicted octanol–water partition coefficient (Wildman–Crippen LogP) is 13.4. The van der Waals surface area contributed by atoms with E-state index < -0.39 is 8.07 Å². The highest BCUT2D eigenvalue weighted by atomic mass is 32.1. The van der Waals surface area contributed by atoms with E-state index in [0.29, 0.717) is 17.5 Å². The van der Waals surface area contributed by atoms with Gasteiger partial charge in [0.25, 0.3) is 0 Å². The molecule has 0 bridgehead atoms. The van der Waals surface area contributed by atoms with Crippen LogP contribution in [0.3, 0.4) is 0 Å². The second-order valence-electron chi connectivity index (χ2n) is 17.5. The highest BCUT2D eigenvalue weighted by molar-refractivity contribution is 7.26. The van der Waals surface area contributed by atoms with Gasteiger partial charge in [-0.1, -0.05) is 206 Å². The molecule has 0 saturated heterocycles. The summed E-state index contributed by atoms with van der Waals surface area (Å²) < 4.78 is 4.87. The summed E-state index contributed by atoms with van der Waals surface area (Å²) >= 11 is 1.83. The van der Waals surface area contributed by atoms with E-state index in [9.17, 15) is 0 Å². The van der Waals surface area contributed by atoms with E-state index in [1.54, 1.807) is 0 Å². The van der Waals surface area contributed by atoms with Crippen LogP contribution in [-0.2, 0) is 0 Å². The number of fused-ring (bicyclic) bond motifs is 6. The summed E-state index contributed by atoms with van der Waals surface area (Å²) in [5.74, 6) is 1.86. The quantitative estimate of drug-likeness (QED) is 0.107. The molecule has 6 heteroatoms. The molecule has 0 aliphatic heterocycles. The van der Waals surface area contributed by atoms with E-state index in [1.807, 2.05) is 11.3 Å². The van der Waals surface area contributed by atoms with Gasteiger partial charge in [-0.05, 0) is 80.4 Å². The van der Waals surface area contributed by atoms with E-state index in [2.05, 4.69) is 259 Å². The largest absolute Gasteiger partial charge is 0.309 e. The fraction of sp³-hybridized carbons (Fsp3) is 0. The summed E-state index contributed by atoms with van der Waals surface area (Å²) in [5.41, 5.74) is 8.44. The fourth-order valence-electron chi connectivity index (χ4n) is 10.6. The van der Waals surface area contributed by atoms with E-state index in [-0.39, 0.29) is 0 Å². The van der Waals surface area contributed by atoms with Gasteiger partial charge in [-0.3, -0.25) is 0 Å². The minimum atomic E-state index is -2.75. The summed E-state index contributed by atoms with van der Waals surface area (Å²) in [6, 6.07) is 92.0. The second-order valence-corrected chi connectivity index (χ2v) is 22.4. The Labute approximate surface area is 405 Å². The Morgan fingerprint density at radius 2 is 0.725 bits per heavy atom. The summed E-state index contributed by atoms with van der Waals surface area (Å²) in [7, 11) is -2.75. The van der Waals surface area contributed by atoms with Crippen LogP contribution in [0.1, 0.15) is 0 Å². The van der Waals surface area contributed by atoms with Crippen molar-refractivity contribution >= 4 is 82.1 Å². The molecule has 0 fully saturated rings. The molecule has 69 heavy (non-hydrogen) atoms. The average Bonchev–Trinajstić information content (AvgIpc) is 3.98. The summed E-state index contributed by atoms with van der Waals surface area (Å²) in [5, 5.41) is 10.2. The van der Waals surface area contributed by atoms with Crippen molar-refractivity contribution in [3.8, 4) is 51.0 Å². The van der Waals surface area contributed by atoms with Crippen LogP contribution in [-0.4, -0.2) is 27.6 Å². The standard InChI is InChI=1S/C63H42N4SSi/c1-4-19-46(20-5-1)69(47-21-6-2-7-22-47,48-23-8-3-9-24-48)49-41-37-44(38-42-49)62-64-61(43-35-39-45(40-36-43)67-56-31-15-12-26-51(56)52-27-13-16-32-57(52)67)65-63(66-62)54-28-11-10-25-50(54)53-30-18-34-59-60(53)55-29-14-17-33-58(55)68-59/h1-42H. The number of thiophene rings is 1. The lowest BCUT2D eigenvalue weighted by molar-refractivity contribution is 1.07. The maximum atomic E-state index is 5.40. The van der Waals surface area contributed by atoms with Crippen LogP contribution in [0, 0.1) is 0 Å². The summed E-state index contributed by atoms with van der Waals surface area (Å²) in [4.78, 5) is 16.1. The molecule has 13 rings (SSSR count). The van der Waals surface area contributed by atoms with Gasteiger partial charge in [0.1, 0.15) is 0 Å². The Morgan fingerprint density at radius 3 is 1.30 bits per heavy atom. The van der Waals surface area contributed by atoms with Crippen molar-refractivity contribution in [2.24, 2.45) is 0 Å². The van der Waals surface area contributed by atoms with Gasteiger partial charge >= 0.3 is 0 Å². The number of para-hydroxylation sites is 2. The van der Waals surface area contributed by atoms with E-state index in [1.165, 1.54) is 62.7 Å². The molecular weight excluding hydrogens is 873 g/mol. The Balaban J connectivity index is 0.992. The molecule has 324 valence electrons. The van der Waals surface area contributed by atoms with Crippen molar-refractivity contribution in [1.82, 2.24) is 19.5 Å². The summed E-state index contributed by atoms with van der Waals surface area (Å²) in [6.45, 7) is 0. The normalized spacial score (nSPS) is 11.8. The number of hydrogen-bond donors (Lipinski definition) is 0. The molecule has 3 aromatic heterocycles. The molecule has 0 aliphatic carbocycles. The maximum Gasteiger partial charge on any atom is 0.179 e. The smallest absolute Gasteiger partial charge is 0.179 e. The van der Waals surface area contributed by atoms with E-state index in [4.69, 9.17) is 15.0 Å². The first-order valence-corrected chi connectivity index (χ1v) is 26.2. The predicted molar refractivity (Wildman–Crippen MR) is 292 cm³/mol. The van der Waals surface area contributed by atoms with Crippen molar-refractivity contribution in [2.75, 3.05) is 0 Å². The van der Waals surface area contributed by atoms with Gasteiger partial charge in [-0.25, -0.2) is 15.0 Å². The molecule has 0 unspecified atom stereocenters. The van der Waals surface area contributed by atoms with Gasteiger partial charge in [0.05, 0.1) is 11.0 Å². The van der Waals surface area contributed by atoms with Crippen LogP contribution in [0.5, 0.6) is 0 Å². The first-order valence-electron chi connectivity index (χ1n) is 23.3. The van der Waals surface area contributed by atoms with Crippen LogP contribution in [0.25, 0.3) is 93.0 Å². The lowest BCUT2D eigenvalue weighted by Crippen LogP contribution is -2.74. The number of hydrogen-bond acceptors (Lipinski definition) is 4. The Hall–Kier alpha value is -8.55. The van der Waals surface area contributed by atoms with E-state index >= 15 is 0 Å². The van der Waals surface area contributed by atoms with Gasteiger partial charge in [0.2, 0.25) is 0 Å². The Morgan fingerprint density at radius 1 is 0.304 bits per heavy atom. The molecule has 0 atom stereocenters. The zero-order chi connectivity index (χ0) is 45.7. The molecule has 0 spiro atoms. The lowest BCUT2D eigenvalue weighted by atomic mass is 9.95. The second kappa shape index (κ2) is 17.0. The minimum Gasteiger partial charge on any atom is -0.309 e. The molecule has 10 aromatic carbocycles. The topological polar surface area (TPSA) is 43.6 Å². The molecule has 13 aromatic rings. The van der Waals surface area contributed by atoms with Crippen LogP contribution in [0.15, 0.2) is 255 Å². The third-order valence-corrected chi connectivity index (χ3v) is 19.6.